The Hall–Kier alpha value is -2.63. The van der Waals surface area contributed by atoms with Gasteiger partial charge in [-0.15, -0.1) is 0 Å². The van der Waals surface area contributed by atoms with E-state index in [1.54, 1.807) is 12.1 Å². The zero-order valence-electron chi connectivity index (χ0n) is 17.3. The van der Waals surface area contributed by atoms with E-state index in [9.17, 15) is 9.65 Å². The van der Waals surface area contributed by atoms with Crippen LogP contribution in [0.2, 0.25) is 0 Å². The third-order valence-electron chi connectivity index (χ3n) is 5.34. The van der Waals surface area contributed by atoms with Crippen LogP contribution < -0.4 is 15.6 Å². The van der Waals surface area contributed by atoms with Crippen LogP contribution in [-0.2, 0) is 0 Å². The van der Waals surface area contributed by atoms with Gasteiger partial charge >= 0.3 is 0 Å². The minimum absolute atomic E-state index is 0.225. The van der Waals surface area contributed by atoms with Gasteiger partial charge in [0.05, 0.1) is 11.1 Å². The van der Waals surface area contributed by atoms with Crippen molar-refractivity contribution in [2.45, 2.75) is 26.2 Å². The topological polar surface area (TPSA) is 65.2 Å². The zero-order chi connectivity index (χ0) is 22.0. The van der Waals surface area contributed by atoms with E-state index in [-0.39, 0.29) is 11.7 Å². The van der Waals surface area contributed by atoms with Crippen LogP contribution in [0.15, 0.2) is 46.0 Å². The molecule has 0 N–H and O–H groups in total. The molecular weight excluding hydrogens is 477 g/mol. The lowest BCUT2D eigenvalue weighted by atomic mass is 9.95. The quantitative estimate of drug-likeness (QED) is 0.464. The van der Waals surface area contributed by atoms with Gasteiger partial charge in [-0.05, 0) is 58.7 Å². The second-order valence-corrected chi connectivity index (χ2v) is 9.21. The molecule has 1 atom stereocenters. The van der Waals surface area contributed by atoms with E-state index in [2.05, 4.69) is 28.9 Å². The van der Waals surface area contributed by atoms with Crippen LogP contribution in [0.5, 0.6) is 0 Å². The minimum atomic E-state index is -0.316. The predicted molar refractivity (Wildman–Crippen MR) is 125 cm³/mol. The second kappa shape index (κ2) is 9.25. The fraction of sp³-hybridized carbons (Fsp3) is 0.304. The van der Waals surface area contributed by atoms with Crippen LogP contribution in [0.4, 0.5) is 9.52 Å². The number of halogens is 2. The monoisotopic (exact) mass is 497 g/mol. The van der Waals surface area contributed by atoms with Gasteiger partial charge in [-0.25, -0.2) is 14.4 Å². The van der Waals surface area contributed by atoms with Gasteiger partial charge in [0.25, 0.3) is 0 Å². The number of rotatable bonds is 6. The number of unbranched alkanes of at least 4 members (excludes halogenated alkanes) is 1. The number of hydrogen-bond acceptors (Lipinski definition) is 6. The summed E-state index contributed by atoms with van der Waals surface area (Å²) in [6.07, 6.45) is 3.22. The van der Waals surface area contributed by atoms with Crippen molar-refractivity contribution in [2.24, 2.45) is 10.9 Å². The van der Waals surface area contributed by atoms with E-state index < -0.39 is 0 Å². The number of nitriles is 1. The Morgan fingerprint density at radius 1 is 1.23 bits per heavy atom. The highest BCUT2D eigenvalue weighted by Crippen LogP contribution is 2.35. The van der Waals surface area contributed by atoms with E-state index >= 15 is 0 Å². The molecule has 0 fully saturated rings. The zero-order valence-corrected chi connectivity index (χ0v) is 19.7. The standard InChI is InChI=1S/C23H21BrFN5S/c1-3-4-5-15-13-27-17-10-11-19(24)28-21(17)22(15)30(2)23-29-20(18(12-26)31-23)14-6-8-16(25)9-7-14/h6-11,15H,3-5,13H2,1-2H3. The molecule has 0 spiro atoms. The Balaban J connectivity index is 1.84. The van der Waals surface area contributed by atoms with Crippen LogP contribution in [0, 0.1) is 23.1 Å². The first-order chi connectivity index (χ1) is 15.0. The maximum atomic E-state index is 13.4. The number of thiazole rings is 1. The van der Waals surface area contributed by atoms with Crippen molar-refractivity contribution in [3.05, 3.63) is 62.4 Å². The van der Waals surface area contributed by atoms with E-state index in [0.29, 0.717) is 22.2 Å². The molecular formula is C23H21BrFN5S. The smallest absolute Gasteiger partial charge is 0.191 e. The number of nitrogens with zero attached hydrogens (tertiary/aromatic N) is 5. The third-order valence-corrected chi connectivity index (χ3v) is 6.82. The Bertz CT molecular complexity index is 1260. The molecule has 158 valence electrons. The van der Waals surface area contributed by atoms with Gasteiger partial charge in [-0.1, -0.05) is 31.1 Å². The van der Waals surface area contributed by atoms with Crippen molar-refractivity contribution >= 4 is 38.1 Å². The lowest BCUT2D eigenvalue weighted by Gasteiger charge is -2.28. The van der Waals surface area contributed by atoms with Crippen molar-refractivity contribution in [2.75, 3.05) is 18.5 Å². The summed E-state index contributed by atoms with van der Waals surface area (Å²) >= 11 is 4.82. The summed E-state index contributed by atoms with van der Waals surface area (Å²) in [5, 5.41) is 12.1. The highest BCUT2D eigenvalue weighted by Gasteiger charge is 2.26. The maximum Gasteiger partial charge on any atom is 0.191 e. The largest absolute Gasteiger partial charge is 0.322 e. The summed E-state index contributed by atoms with van der Waals surface area (Å²) in [6.45, 7) is 2.89. The van der Waals surface area contributed by atoms with E-state index in [1.807, 2.05) is 24.1 Å². The summed E-state index contributed by atoms with van der Waals surface area (Å²) in [7, 11) is 1.97. The van der Waals surface area contributed by atoms with E-state index in [1.165, 1.54) is 23.5 Å². The summed E-state index contributed by atoms with van der Waals surface area (Å²) < 4.78 is 14.1. The molecule has 8 heteroatoms. The Kier molecular flexibility index (Phi) is 6.44. The van der Waals surface area contributed by atoms with Crippen LogP contribution >= 0.6 is 27.3 Å². The molecule has 1 unspecified atom stereocenters. The van der Waals surface area contributed by atoms with Crippen molar-refractivity contribution in [1.82, 2.24) is 9.97 Å². The molecule has 0 saturated heterocycles. The first kappa shape index (κ1) is 21.6. The van der Waals surface area contributed by atoms with Crippen molar-refractivity contribution < 1.29 is 4.39 Å². The molecule has 0 bridgehead atoms. The van der Waals surface area contributed by atoms with Gasteiger partial charge in [0, 0.05) is 25.1 Å². The van der Waals surface area contributed by atoms with Crippen LogP contribution in [0.25, 0.3) is 17.0 Å². The lowest BCUT2D eigenvalue weighted by Crippen LogP contribution is -2.43. The molecule has 1 aliphatic heterocycles. The Morgan fingerprint density at radius 2 is 2.00 bits per heavy atom. The predicted octanol–water partition coefficient (Wildman–Crippen LogP) is 4.66. The fourth-order valence-electron chi connectivity index (χ4n) is 3.78. The molecule has 31 heavy (non-hydrogen) atoms. The number of fused-ring (bicyclic) bond motifs is 1. The summed E-state index contributed by atoms with van der Waals surface area (Å²) in [6, 6.07) is 12.2. The fourth-order valence-corrected chi connectivity index (χ4v) is 4.95. The Morgan fingerprint density at radius 3 is 2.71 bits per heavy atom. The SMILES string of the molecule is CCCCC1CN=c2ccc(Br)nc2=C1N(C)c1nc(-c2ccc(F)cc2)c(C#N)s1. The van der Waals surface area contributed by atoms with Gasteiger partial charge in [0.2, 0.25) is 0 Å². The number of pyridine rings is 1. The Labute approximate surface area is 192 Å². The number of hydrogen-bond donors (Lipinski definition) is 0. The van der Waals surface area contributed by atoms with Gasteiger partial charge in [-0.2, -0.15) is 5.26 Å². The van der Waals surface area contributed by atoms with Crippen molar-refractivity contribution in [1.29, 1.82) is 5.26 Å². The molecule has 2 aromatic heterocycles. The van der Waals surface area contributed by atoms with Crippen molar-refractivity contribution in [3.63, 3.8) is 0 Å². The average Bonchev–Trinajstić information content (AvgIpc) is 3.21. The molecule has 5 nitrogen and oxygen atoms in total. The number of anilines is 1. The minimum Gasteiger partial charge on any atom is -0.322 e. The maximum absolute atomic E-state index is 13.4. The van der Waals surface area contributed by atoms with Crippen LogP contribution in [-0.4, -0.2) is 23.6 Å². The van der Waals surface area contributed by atoms with Crippen molar-refractivity contribution in [3.8, 4) is 17.3 Å². The molecule has 0 aliphatic carbocycles. The van der Waals surface area contributed by atoms with Gasteiger partial charge in [0.15, 0.2) is 5.13 Å². The number of benzene rings is 1. The van der Waals surface area contributed by atoms with E-state index in [4.69, 9.17) is 15.0 Å². The van der Waals surface area contributed by atoms with Gasteiger partial charge < -0.3 is 4.90 Å². The van der Waals surface area contributed by atoms with Crippen LogP contribution in [0.1, 0.15) is 31.1 Å². The summed E-state index contributed by atoms with van der Waals surface area (Å²) in [5.41, 5.74) is 2.37. The molecule has 0 radical (unpaired) electrons. The van der Waals surface area contributed by atoms with Gasteiger partial charge in [0.1, 0.15) is 32.4 Å². The third kappa shape index (κ3) is 4.39. The lowest BCUT2D eigenvalue weighted by molar-refractivity contribution is 0.552. The normalized spacial score (nSPS) is 15.2. The van der Waals surface area contributed by atoms with Gasteiger partial charge in [-0.3, -0.25) is 4.99 Å². The first-order valence-corrected chi connectivity index (χ1v) is 11.7. The molecule has 4 rings (SSSR count). The molecule has 0 amide bonds. The van der Waals surface area contributed by atoms with E-state index in [0.717, 1.165) is 45.8 Å². The average molecular weight is 498 g/mol. The summed E-state index contributed by atoms with van der Waals surface area (Å²) in [5.74, 6) is -0.0914. The second-order valence-electron chi connectivity index (χ2n) is 7.42. The number of aromatic nitrogens is 2. The molecule has 1 aromatic carbocycles. The first-order valence-electron chi connectivity index (χ1n) is 10.1. The molecule has 3 aromatic rings. The molecule has 1 aliphatic rings. The molecule has 0 saturated carbocycles. The summed E-state index contributed by atoms with van der Waals surface area (Å²) in [4.78, 5) is 16.8. The van der Waals surface area contributed by atoms with Crippen LogP contribution in [0.3, 0.4) is 0 Å². The molecule has 3 heterocycles. The highest BCUT2D eigenvalue weighted by molar-refractivity contribution is 9.10. The highest BCUT2D eigenvalue weighted by atomic mass is 79.9.